The van der Waals surface area contributed by atoms with Crippen LogP contribution in [0.15, 0.2) is 23.1 Å². The van der Waals surface area contributed by atoms with E-state index in [-0.39, 0.29) is 18.1 Å². The molecule has 4 N–H and O–H groups in total. The number of benzene rings is 1. The van der Waals surface area contributed by atoms with E-state index in [1.54, 1.807) is 6.07 Å². The first-order valence-corrected chi connectivity index (χ1v) is 5.05. The minimum absolute atomic E-state index is 0.169. The van der Waals surface area contributed by atoms with Crippen molar-refractivity contribution in [1.82, 2.24) is 0 Å². The van der Waals surface area contributed by atoms with Gasteiger partial charge in [-0.25, -0.2) is 0 Å². The summed E-state index contributed by atoms with van der Waals surface area (Å²) < 4.78 is 0. The van der Waals surface area contributed by atoms with Crippen molar-refractivity contribution in [2.45, 2.75) is 11.0 Å². The van der Waals surface area contributed by atoms with Gasteiger partial charge in [-0.3, -0.25) is 0 Å². The molecule has 78 valence electrons. The molecule has 0 radical (unpaired) electrons. The van der Waals surface area contributed by atoms with Gasteiger partial charge >= 0.3 is 0 Å². The SMILES string of the molecule is OCC(O)CSc1ccc(O)c(O)c1. The van der Waals surface area contributed by atoms with Gasteiger partial charge in [0.05, 0.1) is 12.7 Å². The molecule has 1 rings (SSSR count). The Balaban J connectivity index is 2.55. The summed E-state index contributed by atoms with van der Waals surface area (Å²) in [7, 11) is 0. The van der Waals surface area contributed by atoms with Crippen LogP contribution in [0.3, 0.4) is 0 Å². The fraction of sp³-hybridized carbons (Fsp3) is 0.333. The summed E-state index contributed by atoms with van der Waals surface area (Å²) in [6.45, 7) is -0.281. The first-order valence-electron chi connectivity index (χ1n) is 4.07. The molecule has 1 aromatic rings. The molecule has 0 heterocycles. The lowest BCUT2D eigenvalue weighted by molar-refractivity contribution is 0.113. The smallest absolute Gasteiger partial charge is 0.158 e. The maximum absolute atomic E-state index is 9.15. The number of rotatable bonds is 4. The molecule has 0 fully saturated rings. The number of aromatic hydroxyl groups is 2. The molecule has 0 bridgehead atoms. The molecule has 0 saturated heterocycles. The Morgan fingerprint density at radius 1 is 1.21 bits per heavy atom. The van der Waals surface area contributed by atoms with Crippen LogP contribution in [-0.2, 0) is 0 Å². The van der Waals surface area contributed by atoms with Gasteiger partial charge in [0.15, 0.2) is 11.5 Å². The van der Waals surface area contributed by atoms with Gasteiger partial charge in [0.2, 0.25) is 0 Å². The molecule has 0 aliphatic carbocycles. The Bertz CT molecular complexity index is 303. The van der Waals surface area contributed by atoms with Crippen LogP contribution in [0.1, 0.15) is 0 Å². The Hall–Kier alpha value is -0.910. The number of phenols is 2. The summed E-state index contributed by atoms with van der Waals surface area (Å²) in [4.78, 5) is 0.729. The average Bonchev–Trinajstić information content (AvgIpc) is 2.19. The minimum Gasteiger partial charge on any atom is -0.504 e. The van der Waals surface area contributed by atoms with Crippen molar-refractivity contribution in [3.8, 4) is 11.5 Å². The fourth-order valence-corrected chi connectivity index (χ4v) is 1.69. The van der Waals surface area contributed by atoms with Crippen LogP contribution in [-0.4, -0.2) is 38.9 Å². The largest absolute Gasteiger partial charge is 0.504 e. The van der Waals surface area contributed by atoms with Gasteiger partial charge < -0.3 is 20.4 Å². The van der Waals surface area contributed by atoms with Crippen LogP contribution in [0, 0.1) is 0 Å². The van der Waals surface area contributed by atoms with Gasteiger partial charge in [-0.05, 0) is 18.2 Å². The van der Waals surface area contributed by atoms with E-state index >= 15 is 0 Å². The molecule has 0 spiro atoms. The zero-order valence-electron chi connectivity index (χ0n) is 7.42. The lowest BCUT2D eigenvalue weighted by Crippen LogP contribution is -2.14. The van der Waals surface area contributed by atoms with E-state index in [2.05, 4.69) is 0 Å². The third kappa shape index (κ3) is 3.10. The molecule has 0 aliphatic heterocycles. The van der Waals surface area contributed by atoms with Crippen LogP contribution in [0.5, 0.6) is 11.5 Å². The molecule has 1 atom stereocenters. The topological polar surface area (TPSA) is 80.9 Å². The molecule has 4 nitrogen and oxygen atoms in total. The highest BCUT2D eigenvalue weighted by Crippen LogP contribution is 2.30. The van der Waals surface area contributed by atoms with Crippen molar-refractivity contribution in [2.75, 3.05) is 12.4 Å². The summed E-state index contributed by atoms with van der Waals surface area (Å²) in [6, 6.07) is 4.41. The van der Waals surface area contributed by atoms with E-state index in [0.29, 0.717) is 5.75 Å². The number of phenolic OH excluding ortho intramolecular Hbond substituents is 2. The van der Waals surface area contributed by atoms with Crippen LogP contribution in [0.4, 0.5) is 0 Å². The lowest BCUT2D eigenvalue weighted by Gasteiger charge is -2.06. The van der Waals surface area contributed by atoms with E-state index in [4.69, 9.17) is 20.4 Å². The highest BCUT2D eigenvalue weighted by molar-refractivity contribution is 7.99. The Labute approximate surface area is 85.8 Å². The molecular weight excluding hydrogens is 204 g/mol. The van der Waals surface area contributed by atoms with Crippen LogP contribution < -0.4 is 0 Å². The van der Waals surface area contributed by atoms with Crippen LogP contribution >= 0.6 is 11.8 Å². The first-order chi connectivity index (χ1) is 6.63. The van der Waals surface area contributed by atoms with E-state index in [0.717, 1.165) is 4.90 Å². The second-order valence-electron chi connectivity index (χ2n) is 2.80. The molecule has 1 unspecified atom stereocenters. The zero-order chi connectivity index (χ0) is 10.6. The lowest BCUT2D eigenvalue weighted by atomic mass is 10.3. The van der Waals surface area contributed by atoms with Crippen molar-refractivity contribution in [2.24, 2.45) is 0 Å². The fourth-order valence-electron chi connectivity index (χ4n) is 0.838. The Morgan fingerprint density at radius 2 is 1.93 bits per heavy atom. The highest BCUT2D eigenvalue weighted by atomic mass is 32.2. The maximum atomic E-state index is 9.15. The minimum atomic E-state index is -0.768. The molecule has 14 heavy (non-hydrogen) atoms. The molecule has 5 heteroatoms. The van der Waals surface area contributed by atoms with Crippen molar-refractivity contribution >= 4 is 11.8 Å². The molecule has 0 aliphatic rings. The van der Waals surface area contributed by atoms with Gasteiger partial charge in [0.1, 0.15) is 0 Å². The van der Waals surface area contributed by atoms with Crippen molar-refractivity contribution in [3.63, 3.8) is 0 Å². The molecule has 0 amide bonds. The van der Waals surface area contributed by atoms with Gasteiger partial charge in [0.25, 0.3) is 0 Å². The Morgan fingerprint density at radius 3 is 2.50 bits per heavy atom. The third-order valence-corrected chi connectivity index (χ3v) is 2.74. The third-order valence-electron chi connectivity index (χ3n) is 1.60. The molecule has 1 aromatic carbocycles. The summed E-state index contributed by atoms with van der Waals surface area (Å²) in [5.41, 5.74) is 0. The predicted molar refractivity (Wildman–Crippen MR) is 53.6 cm³/mol. The summed E-state index contributed by atoms with van der Waals surface area (Å²) in [5, 5.41) is 35.8. The number of hydrogen-bond donors (Lipinski definition) is 4. The standard InChI is InChI=1S/C9H12O4S/c10-4-6(11)5-14-7-1-2-8(12)9(13)3-7/h1-3,6,10-13H,4-5H2. The number of hydrogen-bond acceptors (Lipinski definition) is 5. The normalized spacial score (nSPS) is 12.7. The monoisotopic (exact) mass is 216 g/mol. The van der Waals surface area contributed by atoms with E-state index in [9.17, 15) is 0 Å². The second kappa shape index (κ2) is 5.09. The predicted octanol–water partition coefficient (Wildman–Crippen LogP) is 0.543. The first kappa shape index (κ1) is 11.2. The second-order valence-corrected chi connectivity index (χ2v) is 3.89. The van der Waals surface area contributed by atoms with Crippen molar-refractivity contribution in [1.29, 1.82) is 0 Å². The van der Waals surface area contributed by atoms with E-state index < -0.39 is 6.10 Å². The average molecular weight is 216 g/mol. The highest BCUT2D eigenvalue weighted by Gasteiger charge is 2.05. The number of aliphatic hydroxyl groups is 2. The van der Waals surface area contributed by atoms with Gasteiger partial charge in [-0.15, -0.1) is 11.8 Å². The number of thioether (sulfide) groups is 1. The zero-order valence-corrected chi connectivity index (χ0v) is 8.24. The summed E-state index contributed by atoms with van der Waals surface area (Å²) >= 11 is 1.29. The van der Waals surface area contributed by atoms with Crippen LogP contribution in [0.2, 0.25) is 0 Å². The summed E-state index contributed by atoms with van der Waals surface area (Å²) in [5.74, 6) is -0.00805. The van der Waals surface area contributed by atoms with Gasteiger partial charge in [-0.2, -0.15) is 0 Å². The van der Waals surface area contributed by atoms with Crippen LogP contribution in [0.25, 0.3) is 0 Å². The van der Waals surface area contributed by atoms with E-state index in [1.165, 1.54) is 23.9 Å². The van der Waals surface area contributed by atoms with Gasteiger partial charge in [0, 0.05) is 10.6 Å². The molecule has 0 saturated carbocycles. The Kier molecular flexibility index (Phi) is 4.06. The van der Waals surface area contributed by atoms with Crippen molar-refractivity contribution in [3.05, 3.63) is 18.2 Å². The molecule has 0 aromatic heterocycles. The summed E-state index contributed by atoms with van der Waals surface area (Å²) in [6.07, 6.45) is -0.768. The molecular formula is C9H12O4S. The van der Waals surface area contributed by atoms with E-state index in [1.807, 2.05) is 0 Å². The number of aliphatic hydroxyl groups excluding tert-OH is 2. The quantitative estimate of drug-likeness (QED) is 0.436. The van der Waals surface area contributed by atoms with Gasteiger partial charge in [-0.1, -0.05) is 0 Å². The van der Waals surface area contributed by atoms with Crippen molar-refractivity contribution < 1.29 is 20.4 Å². The maximum Gasteiger partial charge on any atom is 0.158 e.